The van der Waals surface area contributed by atoms with Gasteiger partial charge in [-0.25, -0.2) is 0 Å². The van der Waals surface area contributed by atoms with E-state index in [2.05, 4.69) is 5.32 Å². The van der Waals surface area contributed by atoms with Crippen LogP contribution in [0.4, 0.5) is 0 Å². The summed E-state index contributed by atoms with van der Waals surface area (Å²) in [5, 5.41) is 3.04. The number of nitrogens with one attached hydrogen (secondary N) is 1. The summed E-state index contributed by atoms with van der Waals surface area (Å²) in [6.45, 7) is 6.42. The lowest BCUT2D eigenvalue weighted by Gasteiger charge is -2.22. The van der Waals surface area contributed by atoms with Crippen molar-refractivity contribution < 1.29 is 4.79 Å². The third-order valence-electron chi connectivity index (χ3n) is 1.44. The van der Waals surface area contributed by atoms with Crippen molar-refractivity contribution in [3.63, 3.8) is 0 Å². The maximum absolute atomic E-state index is 11.0. The summed E-state index contributed by atoms with van der Waals surface area (Å²) in [4.78, 5) is 11.0. The minimum absolute atomic E-state index is 0. The summed E-state index contributed by atoms with van der Waals surface area (Å²) in [6, 6.07) is 0. The lowest BCUT2D eigenvalue weighted by atomic mass is 10.0. The van der Waals surface area contributed by atoms with Crippen LogP contribution in [0.15, 0.2) is 0 Å². The van der Waals surface area contributed by atoms with E-state index in [9.17, 15) is 4.79 Å². The molecule has 1 N–H and O–H groups in total. The number of hydrogen-bond acceptors (Lipinski definition) is 2. The van der Waals surface area contributed by atoms with Crippen LogP contribution in [0.3, 0.4) is 0 Å². The van der Waals surface area contributed by atoms with E-state index in [1.807, 2.05) is 20.8 Å². The highest BCUT2D eigenvalue weighted by Gasteiger charge is 2.24. The molecular formula is C7H15Cl2NO. The highest BCUT2D eigenvalue weighted by molar-refractivity contribution is 6.28. The van der Waals surface area contributed by atoms with Crippen LogP contribution in [-0.4, -0.2) is 23.7 Å². The number of carbonyl (C=O) groups excluding carboxylic acids is 1. The van der Waals surface area contributed by atoms with E-state index < -0.39 is 5.54 Å². The molecule has 0 rings (SSSR count). The van der Waals surface area contributed by atoms with Crippen LogP contribution in [0.5, 0.6) is 0 Å². The number of halogens is 2. The molecule has 0 heterocycles. The quantitative estimate of drug-likeness (QED) is 0.698. The molecule has 0 aliphatic rings. The normalized spacial score (nSPS) is 10.5. The molecule has 0 aliphatic carbocycles. The molecule has 0 aliphatic heterocycles. The first kappa shape index (κ1) is 13.8. The van der Waals surface area contributed by atoms with Gasteiger partial charge in [-0.15, -0.1) is 24.0 Å². The average Bonchev–Trinajstić information content (AvgIpc) is 1.86. The van der Waals surface area contributed by atoms with Crippen molar-refractivity contribution in [2.45, 2.75) is 26.3 Å². The Balaban J connectivity index is 0. The fraction of sp³-hybridized carbons (Fsp3) is 0.857. The van der Waals surface area contributed by atoms with Crippen LogP contribution in [0.2, 0.25) is 0 Å². The van der Waals surface area contributed by atoms with Crippen LogP contribution in [0.1, 0.15) is 20.8 Å². The van der Waals surface area contributed by atoms with E-state index in [1.165, 1.54) is 0 Å². The molecule has 0 saturated heterocycles. The molecule has 0 fully saturated rings. The molecule has 0 bridgehead atoms. The van der Waals surface area contributed by atoms with Crippen molar-refractivity contribution in [2.24, 2.45) is 0 Å². The summed E-state index contributed by atoms with van der Waals surface area (Å²) in [6.07, 6.45) is 0. The van der Waals surface area contributed by atoms with Crippen molar-refractivity contribution >= 4 is 29.8 Å². The summed E-state index contributed by atoms with van der Waals surface area (Å²) in [5.41, 5.74) is -0.462. The summed E-state index contributed by atoms with van der Waals surface area (Å²) in [7, 11) is 0. The molecule has 11 heavy (non-hydrogen) atoms. The summed E-state index contributed by atoms with van der Waals surface area (Å²) in [5.74, 6) is 0.121. The Kier molecular flexibility index (Phi) is 7.28. The molecule has 0 unspecified atom stereocenters. The second-order valence-corrected chi connectivity index (χ2v) is 2.98. The highest BCUT2D eigenvalue weighted by atomic mass is 35.5. The number of ketones is 1. The third kappa shape index (κ3) is 4.62. The minimum atomic E-state index is -0.462. The van der Waals surface area contributed by atoms with E-state index >= 15 is 0 Å². The fourth-order valence-electron chi connectivity index (χ4n) is 0.708. The Morgan fingerprint density at radius 1 is 1.55 bits per heavy atom. The summed E-state index contributed by atoms with van der Waals surface area (Å²) >= 11 is 5.38. The second-order valence-electron chi connectivity index (χ2n) is 2.71. The van der Waals surface area contributed by atoms with Gasteiger partial charge in [-0.3, -0.25) is 4.79 Å². The number of rotatable bonds is 4. The molecule has 4 heteroatoms. The van der Waals surface area contributed by atoms with Gasteiger partial charge < -0.3 is 5.32 Å². The van der Waals surface area contributed by atoms with Gasteiger partial charge in [-0.2, -0.15) is 0 Å². The van der Waals surface area contributed by atoms with Crippen LogP contribution in [0, 0.1) is 0 Å². The van der Waals surface area contributed by atoms with E-state index in [4.69, 9.17) is 11.6 Å². The van der Waals surface area contributed by atoms with Crippen molar-refractivity contribution in [3.05, 3.63) is 0 Å². The largest absolute Gasteiger partial charge is 0.306 e. The SMILES string of the molecule is CCNC(C)(C)C(=O)CCl.Cl. The van der Waals surface area contributed by atoms with Crippen molar-refractivity contribution in [1.82, 2.24) is 5.32 Å². The standard InChI is InChI=1S/C7H14ClNO.ClH/c1-4-9-7(2,3)6(10)5-8;/h9H,4-5H2,1-3H3;1H. The molecule has 0 saturated carbocycles. The molecule has 0 aromatic heterocycles. The summed E-state index contributed by atoms with van der Waals surface area (Å²) < 4.78 is 0. The molecule has 0 aromatic rings. The second kappa shape index (κ2) is 5.81. The highest BCUT2D eigenvalue weighted by Crippen LogP contribution is 2.04. The Bertz CT molecular complexity index is 126. The van der Waals surface area contributed by atoms with Crippen molar-refractivity contribution in [3.8, 4) is 0 Å². The zero-order chi connectivity index (χ0) is 8.20. The predicted octanol–water partition coefficient (Wildman–Crippen LogP) is 1.60. The van der Waals surface area contributed by atoms with E-state index in [1.54, 1.807) is 0 Å². The molecule has 0 aromatic carbocycles. The molecular weight excluding hydrogens is 185 g/mol. The topological polar surface area (TPSA) is 29.1 Å². The van der Waals surface area contributed by atoms with Gasteiger partial charge in [0.25, 0.3) is 0 Å². The first-order chi connectivity index (χ1) is 4.54. The van der Waals surface area contributed by atoms with Crippen LogP contribution in [0.25, 0.3) is 0 Å². The first-order valence-corrected chi connectivity index (χ1v) is 3.92. The molecule has 0 radical (unpaired) electrons. The zero-order valence-corrected chi connectivity index (χ0v) is 8.68. The van der Waals surface area contributed by atoms with Gasteiger partial charge in [0.1, 0.15) is 0 Å². The average molecular weight is 200 g/mol. The Hall–Kier alpha value is 0.210. The number of alkyl halides is 1. The maximum atomic E-state index is 11.0. The maximum Gasteiger partial charge on any atom is 0.166 e. The lowest BCUT2D eigenvalue weighted by Crippen LogP contribution is -2.47. The predicted molar refractivity (Wildman–Crippen MR) is 50.7 cm³/mol. The number of carbonyl (C=O) groups is 1. The first-order valence-electron chi connectivity index (χ1n) is 3.39. The third-order valence-corrected chi connectivity index (χ3v) is 1.68. The van der Waals surface area contributed by atoms with Gasteiger partial charge in [0.2, 0.25) is 0 Å². The number of hydrogen-bond donors (Lipinski definition) is 1. The smallest absolute Gasteiger partial charge is 0.166 e. The van der Waals surface area contributed by atoms with Gasteiger partial charge in [0, 0.05) is 0 Å². The monoisotopic (exact) mass is 199 g/mol. The molecule has 0 atom stereocenters. The van der Waals surface area contributed by atoms with Gasteiger partial charge in [-0.05, 0) is 20.4 Å². The van der Waals surface area contributed by atoms with Crippen LogP contribution < -0.4 is 5.32 Å². The zero-order valence-electron chi connectivity index (χ0n) is 7.11. The minimum Gasteiger partial charge on any atom is -0.306 e. The van der Waals surface area contributed by atoms with Crippen molar-refractivity contribution in [2.75, 3.05) is 12.4 Å². The van der Waals surface area contributed by atoms with Crippen LogP contribution in [-0.2, 0) is 4.79 Å². The van der Waals surface area contributed by atoms with Gasteiger partial charge >= 0.3 is 0 Å². The number of likely N-dealkylation sites (N-methyl/N-ethyl adjacent to an activating group) is 1. The van der Waals surface area contributed by atoms with Crippen molar-refractivity contribution in [1.29, 1.82) is 0 Å². The Morgan fingerprint density at radius 3 is 2.27 bits per heavy atom. The fourth-order valence-corrected chi connectivity index (χ4v) is 1.04. The lowest BCUT2D eigenvalue weighted by molar-refractivity contribution is -0.121. The molecule has 0 spiro atoms. The van der Waals surface area contributed by atoms with Gasteiger partial charge in [-0.1, -0.05) is 6.92 Å². The molecule has 68 valence electrons. The Morgan fingerprint density at radius 2 is 2.00 bits per heavy atom. The van der Waals surface area contributed by atoms with E-state index in [0.29, 0.717) is 0 Å². The Labute approximate surface area is 79.1 Å². The van der Waals surface area contributed by atoms with Gasteiger partial charge in [0.15, 0.2) is 5.78 Å². The van der Waals surface area contributed by atoms with Gasteiger partial charge in [0.05, 0.1) is 11.4 Å². The molecule has 0 amide bonds. The molecule has 2 nitrogen and oxygen atoms in total. The van der Waals surface area contributed by atoms with E-state index in [-0.39, 0.29) is 24.1 Å². The van der Waals surface area contributed by atoms with E-state index in [0.717, 1.165) is 6.54 Å². The number of Topliss-reactive ketones (excluding diaryl/α,β-unsaturated/α-hetero) is 1. The van der Waals surface area contributed by atoms with Crippen LogP contribution >= 0.6 is 24.0 Å².